The number of nitrogens with zero attached hydrogens (tertiary/aromatic N) is 6. The molecule has 2 N–H and O–H groups in total. The summed E-state index contributed by atoms with van der Waals surface area (Å²) in [6, 6.07) is 12.4. The smallest absolute Gasteiger partial charge is 0.237 e. The van der Waals surface area contributed by atoms with Crippen molar-refractivity contribution in [3.05, 3.63) is 36.0 Å². The molecule has 2 aromatic rings. The van der Waals surface area contributed by atoms with Gasteiger partial charge in [-0.1, -0.05) is 0 Å². The molecule has 0 aliphatic rings. The van der Waals surface area contributed by atoms with Gasteiger partial charge in [0.05, 0.1) is 5.69 Å². The highest BCUT2D eigenvalue weighted by molar-refractivity contribution is 6.10. The van der Waals surface area contributed by atoms with E-state index in [0.717, 1.165) is 17.2 Å². The lowest BCUT2D eigenvalue weighted by Crippen LogP contribution is -2.12. The molecule has 0 saturated heterocycles. The fourth-order valence-electron chi connectivity index (χ4n) is 1.79. The topological polar surface area (TPSA) is 113 Å². The number of aryl methyl sites for hydroxylation is 1. The molecule has 0 spiro atoms. The number of aromatic nitrogens is 2. The zero-order valence-electron chi connectivity index (χ0n) is 13.6. The Labute approximate surface area is 140 Å². The largest absolute Gasteiger partial charge is 0.363 e. The fourth-order valence-corrected chi connectivity index (χ4v) is 1.79. The van der Waals surface area contributed by atoms with Gasteiger partial charge in [0.2, 0.25) is 11.7 Å². The van der Waals surface area contributed by atoms with E-state index in [-0.39, 0.29) is 5.71 Å². The predicted octanol–water partition coefficient (Wildman–Crippen LogP) is 2.41. The third-order valence-corrected chi connectivity index (χ3v) is 2.95. The number of hydrazone groups is 1. The first-order chi connectivity index (χ1) is 11.5. The summed E-state index contributed by atoms with van der Waals surface area (Å²) in [6.45, 7) is 1.91. The van der Waals surface area contributed by atoms with Gasteiger partial charge in [0.15, 0.2) is 0 Å². The summed E-state index contributed by atoms with van der Waals surface area (Å²) < 4.78 is 0. The van der Waals surface area contributed by atoms with Crippen molar-refractivity contribution in [3.63, 3.8) is 0 Å². The van der Waals surface area contributed by atoms with Gasteiger partial charge in [0.1, 0.15) is 18.0 Å². The molecule has 1 heterocycles. The third-order valence-electron chi connectivity index (χ3n) is 2.95. The van der Waals surface area contributed by atoms with Crippen LogP contribution < -0.4 is 15.6 Å². The van der Waals surface area contributed by atoms with E-state index >= 15 is 0 Å². The molecule has 120 valence electrons. The summed E-state index contributed by atoms with van der Waals surface area (Å²) >= 11 is 0. The van der Waals surface area contributed by atoms with Crippen LogP contribution in [0.25, 0.3) is 0 Å². The number of nitrogens with one attached hydrogen (secondary N) is 2. The number of hydrogen-bond donors (Lipinski definition) is 2. The number of anilines is 4. The maximum Gasteiger partial charge on any atom is 0.237 e. The quantitative estimate of drug-likeness (QED) is 0.642. The fraction of sp³-hybridized carbons (Fsp3) is 0.188. The van der Waals surface area contributed by atoms with Gasteiger partial charge < -0.3 is 10.2 Å². The van der Waals surface area contributed by atoms with E-state index in [2.05, 4.69) is 25.8 Å². The van der Waals surface area contributed by atoms with Gasteiger partial charge in [-0.3, -0.25) is 5.43 Å². The van der Waals surface area contributed by atoms with Gasteiger partial charge in [-0.05, 0) is 31.2 Å². The molecule has 24 heavy (non-hydrogen) atoms. The van der Waals surface area contributed by atoms with E-state index in [0.29, 0.717) is 11.6 Å². The highest BCUT2D eigenvalue weighted by atomic mass is 15.3. The monoisotopic (exact) mass is 320 g/mol. The van der Waals surface area contributed by atoms with Crippen molar-refractivity contribution in [3.8, 4) is 12.1 Å². The third kappa shape index (κ3) is 4.42. The molecule has 0 bridgehead atoms. The van der Waals surface area contributed by atoms with Crippen molar-refractivity contribution in [2.24, 2.45) is 5.10 Å². The van der Waals surface area contributed by atoms with Crippen LogP contribution in [0.2, 0.25) is 0 Å². The van der Waals surface area contributed by atoms with Crippen molar-refractivity contribution in [2.45, 2.75) is 6.92 Å². The Morgan fingerprint density at radius 2 is 1.71 bits per heavy atom. The first-order valence-corrected chi connectivity index (χ1v) is 7.06. The van der Waals surface area contributed by atoms with E-state index in [1.165, 1.54) is 0 Å². The maximum atomic E-state index is 8.63. The molecule has 0 aliphatic heterocycles. The zero-order valence-corrected chi connectivity index (χ0v) is 13.6. The second-order valence-corrected chi connectivity index (χ2v) is 5.08. The van der Waals surface area contributed by atoms with Crippen LogP contribution in [0.5, 0.6) is 0 Å². The Balaban J connectivity index is 2.11. The van der Waals surface area contributed by atoms with Crippen molar-refractivity contribution >= 4 is 28.9 Å². The molecule has 1 aromatic heterocycles. The molecule has 0 unspecified atom stereocenters. The minimum absolute atomic E-state index is 0.235. The van der Waals surface area contributed by atoms with Crippen molar-refractivity contribution < 1.29 is 0 Å². The lowest BCUT2D eigenvalue weighted by molar-refractivity contribution is 1.02. The van der Waals surface area contributed by atoms with Gasteiger partial charge in [0, 0.05) is 31.5 Å². The molecule has 0 aliphatic carbocycles. The number of nitriles is 2. The summed E-state index contributed by atoms with van der Waals surface area (Å²) in [4.78, 5) is 10.7. The van der Waals surface area contributed by atoms with Crippen LogP contribution in [-0.2, 0) is 0 Å². The molecule has 1 aromatic carbocycles. The van der Waals surface area contributed by atoms with Crippen LogP contribution in [0.3, 0.4) is 0 Å². The van der Waals surface area contributed by atoms with Gasteiger partial charge >= 0.3 is 0 Å². The lowest BCUT2D eigenvalue weighted by Gasteiger charge is -2.14. The number of benzene rings is 1. The van der Waals surface area contributed by atoms with Crippen LogP contribution >= 0.6 is 0 Å². The second-order valence-electron chi connectivity index (χ2n) is 5.08. The van der Waals surface area contributed by atoms with E-state index in [1.807, 2.05) is 44.1 Å². The SMILES string of the molecule is Cc1cc(N(C)C)nc(Nc2ccc(NN=C(C#N)C#N)cc2)n1. The van der Waals surface area contributed by atoms with Crippen LogP contribution in [0.4, 0.5) is 23.1 Å². The number of rotatable bonds is 5. The molecule has 0 saturated carbocycles. The van der Waals surface area contributed by atoms with Gasteiger partial charge in [0.25, 0.3) is 0 Å². The average molecular weight is 320 g/mol. The van der Waals surface area contributed by atoms with Crippen LogP contribution in [0.15, 0.2) is 35.4 Å². The van der Waals surface area contributed by atoms with Crippen LogP contribution in [-0.4, -0.2) is 29.8 Å². The molecule has 0 fully saturated rings. The minimum Gasteiger partial charge on any atom is -0.363 e. The molecule has 0 amide bonds. The van der Waals surface area contributed by atoms with Gasteiger partial charge in [-0.2, -0.15) is 20.6 Å². The molecule has 0 atom stereocenters. The highest BCUT2D eigenvalue weighted by Gasteiger charge is 2.04. The Morgan fingerprint density at radius 3 is 2.29 bits per heavy atom. The summed E-state index contributed by atoms with van der Waals surface area (Å²) in [5, 5.41) is 24.1. The first kappa shape index (κ1) is 16.7. The Hall–Kier alpha value is -3.65. The Bertz CT molecular complexity index is 809. The van der Waals surface area contributed by atoms with E-state index in [9.17, 15) is 0 Å². The van der Waals surface area contributed by atoms with E-state index in [4.69, 9.17) is 10.5 Å². The number of hydrogen-bond acceptors (Lipinski definition) is 8. The zero-order chi connectivity index (χ0) is 17.5. The molecule has 0 radical (unpaired) electrons. The van der Waals surface area contributed by atoms with E-state index < -0.39 is 0 Å². The predicted molar refractivity (Wildman–Crippen MR) is 93.1 cm³/mol. The molecular formula is C16H16N8. The highest BCUT2D eigenvalue weighted by Crippen LogP contribution is 2.19. The summed E-state index contributed by atoms with van der Waals surface area (Å²) in [7, 11) is 3.84. The molecular weight excluding hydrogens is 304 g/mol. The van der Waals surface area contributed by atoms with Crippen LogP contribution in [0, 0.1) is 29.6 Å². The lowest BCUT2D eigenvalue weighted by atomic mass is 10.3. The molecule has 2 rings (SSSR count). The summed E-state index contributed by atoms with van der Waals surface area (Å²) in [5.41, 5.74) is 4.74. The van der Waals surface area contributed by atoms with Crippen molar-refractivity contribution in [1.82, 2.24) is 9.97 Å². The van der Waals surface area contributed by atoms with Gasteiger partial charge in [-0.25, -0.2) is 4.98 Å². The van der Waals surface area contributed by atoms with Crippen molar-refractivity contribution in [2.75, 3.05) is 29.7 Å². The second kappa shape index (κ2) is 7.56. The van der Waals surface area contributed by atoms with Gasteiger partial charge in [-0.15, -0.1) is 0 Å². The Kier molecular flexibility index (Phi) is 5.27. The maximum absolute atomic E-state index is 8.63. The minimum atomic E-state index is -0.235. The van der Waals surface area contributed by atoms with Crippen molar-refractivity contribution in [1.29, 1.82) is 10.5 Å². The first-order valence-electron chi connectivity index (χ1n) is 7.06. The summed E-state index contributed by atoms with van der Waals surface area (Å²) in [5.74, 6) is 1.33. The average Bonchev–Trinajstić information content (AvgIpc) is 2.56. The normalized spacial score (nSPS) is 9.38. The molecule has 8 nitrogen and oxygen atoms in total. The van der Waals surface area contributed by atoms with Crippen LogP contribution in [0.1, 0.15) is 5.69 Å². The standard InChI is InChI=1S/C16H16N8/c1-11-8-15(24(2)3)21-16(19-11)20-12-4-6-13(7-5-12)22-23-14(9-17)10-18/h4-8,22H,1-3H3,(H,19,20,21). The summed E-state index contributed by atoms with van der Waals surface area (Å²) in [6.07, 6.45) is 0. The van der Waals surface area contributed by atoms with E-state index in [1.54, 1.807) is 24.3 Å². The Morgan fingerprint density at radius 1 is 1.08 bits per heavy atom. The molecule has 8 heteroatoms.